The lowest BCUT2D eigenvalue weighted by atomic mass is 9.75. The highest BCUT2D eigenvalue weighted by Gasteiger charge is 2.43. The highest BCUT2D eigenvalue weighted by atomic mass is 35.5. The van der Waals surface area contributed by atoms with Gasteiger partial charge in [0.2, 0.25) is 0 Å². The molecule has 0 aliphatic carbocycles. The fourth-order valence-electron chi connectivity index (χ4n) is 4.34. The standard InChI is InChI=1S/C24H31ClN2O5/c1-5-31-24(29)22-19(14-32-16-10-12-27(3)13-11-16)26-15(2)20(23(28)30-4)21(22)17-8-6-7-9-18(17)25/h6-9,16,20-21H,5,10-14H2,1-4H3. The van der Waals surface area contributed by atoms with Gasteiger partial charge in [-0.05, 0) is 45.4 Å². The van der Waals surface area contributed by atoms with Crippen molar-refractivity contribution in [1.29, 1.82) is 0 Å². The SMILES string of the molecule is CCOC(=O)C1=C(COC2CCN(C)CC2)N=C(C)C(C(=O)OC)C1c1ccccc1Cl. The summed E-state index contributed by atoms with van der Waals surface area (Å²) >= 11 is 6.52. The zero-order chi connectivity index (χ0) is 23.3. The van der Waals surface area contributed by atoms with E-state index < -0.39 is 23.8 Å². The number of halogens is 1. The van der Waals surface area contributed by atoms with E-state index in [-0.39, 0.29) is 19.3 Å². The summed E-state index contributed by atoms with van der Waals surface area (Å²) in [6.07, 6.45) is 1.93. The third-order valence-electron chi connectivity index (χ3n) is 6.03. The second kappa shape index (κ2) is 11.1. The molecule has 2 atom stereocenters. The smallest absolute Gasteiger partial charge is 0.336 e. The van der Waals surface area contributed by atoms with Crippen molar-refractivity contribution in [3.05, 3.63) is 46.1 Å². The molecule has 7 nitrogen and oxygen atoms in total. The van der Waals surface area contributed by atoms with Gasteiger partial charge in [-0.1, -0.05) is 29.8 Å². The zero-order valence-corrected chi connectivity index (χ0v) is 19.9. The maximum Gasteiger partial charge on any atom is 0.336 e. The van der Waals surface area contributed by atoms with Gasteiger partial charge >= 0.3 is 11.9 Å². The Labute approximate surface area is 194 Å². The van der Waals surface area contributed by atoms with E-state index in [2.05, 4.69) is 16.9 Å². The molecule has 0 spiro atoms. The zero-order valence-electron chi connectivity index (χ0n) is 19.1. The number of carbonyl (C=O) groups excluding carboxylic acids is 2. The van der Waals surface area contributed by atoms with E-state index in [1.165, 1.54) is 7.11 Å². The molecule has 2 heterocycles. The molecule has 1 saturated heterocycles. The molecule has 0 amide bonds. The van der Waals surface area contributed by atoms with Crippen LogP contribution in [0, 0.1) is 5.92 Å². The minimum Gasteiger partial charge on any atom is -0.468 e. The molecule has 2 aliphatic rings. The summed E-state index contributed by atoms with van der Waals surface area (Å²) in [5.41, 5.74) is 1.98. The summed E-state index contributed by atoms with van der Waals surface area (Å²) in [5.74, 6) is -2.46. The first kappa shape index (κ1) is 24.4. The molecule has 1 fully saturated rings. The Morgan fingerprint density at radius 3 is 2.53 bits per heavy atom. The average molecular weight is 463 g/mol. The molecule has 2 unspecified atom stereocenters. The summed E-state index contributed by atoms with van der Waals surface area (Å²) < 4.78 is 16.6. The number of piperidine rings is 1. The number of esters is 2. The molecule has 32 heavy (non-hydrogen) atoms. The maximum atomic E-state index is 13.2. The highest BCUT2D eigenvalue weighted by Crippen LogP contribution is 2.42. The summed E-state index contributed by atoms with van der Waals surface area (Å²) in [4.78, 5) is 32.8. The van der Waals surface area contributed by atoms with E-state index in [0.717, 1.165) is 25.9 Å². The van der Waals surface area contributed by atoms with Crippen LogP contribution in [0.3, 0.4) is 0 Å². The van der Waals surface area contributed by atoms with Crippen molar-refractivity contribution >= 4 is 29.3 Å². The molecule has 8 heteroatoms. The second-order valence-electron chi connectivity index (χ2n) is 8.15. The molecule has 174 valence electrons. The van der Waals surface area contributed by atoms with Gasteiger partial charge < -0.3 is 19.1 Å². The lowest BCUT2D eigenvalue weighted by Crippen LogP contribution is -2.38. The van der Waals surface area contributed by atoms with Gasteiger partial charge in [-0.25, -0.2) is 4.79 Å². The first-order chi connectivity index (χ1) is 15.4. The number of benzene rings is 1. The molecule has 1 aromatic rings. The van der Waals surface area contributed by atoms with Crippen LogP contribution in [-0.4, -0.2) is 69.1 Å². The lowest BCUT2D eigenvalue weighted by Gasteiger charge is -2.33. The highest BCUT2D eigenvalue weighted by molar-refractivity contribution is 6.31. The Bertz CT molecular complexity index is 905. The van der Waals surface area contributed by atoms with E-state index in [1.54, 1.807) is 26.0 Å². The van der Waals surface area contributed by atoms with Crippen LogP contribution in [0.2, 0.25) is 5.02 Å². The van der Waals surface area contributed by atoms with Gasteiger partial charge in [0.1, 0.15) is 5.92 Å². The number of methoxy groups -OCH3 is 1. The van der Waals surface area contributed by atoms with E-state index in [9.17, 15) is 9.59 Å². The Hall–Kier alpha value is -2.22. The molecular weight excluding hydrogens is 432 g/mol. The molecule has 0 aromatic heterocycles. The first-order valence-corrected chi connectivity index (χ1v) is 11.3. The maximum absolute atomic E-state index is 13.2. The summed E-state index contributed by atoms with van der Waals surface area (Å²) in [6.45, 7) is 5.80. The summed E-state index contributed by atoms with van der Waals surface area (Å²) in [7, 11) is 3.42. The number of nitrogens with zero attached hydrogens (tertiary/aromatic N) is 2. The van der Waals surface area contributed by atoms with Gasteiger partial charge in [0.05, 0.1) is 37.7 Å². The van der Waals surface area contributed by atoms with Gasteiger partial charge in [0, 0.05) is 29.7 Å². The molecule has 1 aromatic carbocycles. The van der Waals surface area contributed by atoms with E-state index in [4.69, 9.17) is 25.8 Å². The molecule has 3 rings (SSSR count). The fraction of sp³-hybridized carbons (Fsp3) is 0.542. The lowest BCUT2D eigenvalue weighted by molar-refractivity contribution is -0.144. The average Bonchev–Trinajstić information content (AvgIpc) is 2.78. The molecule has 0 N–H and O–H groups in total. The fourth-order valence-corrected chi connectivity index (χ4v) is 4.59. The quantitative estimate of drug-likeness (QED) is 0.576. The number of ether oxygens (including phenoxy) is 3. The van der Waals surface area contributed by atoms with Crippen molar-refractivity contribution in [3.8, 4) is 0 Å². The Morgan fingerprint density at radius 2 is 1.91 bits per heavy atom. The van der Waals surface area contributed by atoms with Crippen molar-refractivity contribution in [2.24, 2.45) is 10.9 Å². The van der Waals surface area contributed by atoms with Gasteiger partial charge in [0.15, 0.2) is 0 Å². The van der Waals surface area contributed by atoms with Crippen LogP contribution in [0.5, 0.6) is 0 Å². The van der Waals surface area contributed by atoms with E-state index in [1.807, 2.05) is 12.1 Å². The third-order valence-corrected chi connectivity index (χ3v) is 6.37. The number of carbonyl (C=O) groups is 2. The first-order valence-electron chi connectivity index (χ1n) is 10.9. The van der Waals surface area contributed by atoms with Gasteiger partial charge in [-0.2, -0.15) is 0 Å². The minimum atomic E-state index is -0.786. The van der Waals surface area contributed by atoms with Gasteiger partial charge in [-0.15, -0.1) is 0 Å². The number of aliphatic imine (C=N–C) groups is 1. The van der Waals surface area contributed by atoms with Crippen molar-refractivity contribution in [2.45, 2.75) is 38.7 Å². The van der Waals surface area contributed by atoms with Gasteiger partial charge in [0.25, 0.3) is 0 Å². The Balaban J connectivity index is 2.05. The number of likely N-dealkylation sites (tertiary alicyclic amines) is 1. The Morgan fingerprint density at radius 1 is 1.22 bits per heavy atom. The van der Waals surface area contributed by atoms with Crippen LogP contribution in [0.25, 0.3) is 0 Å². The Kier molecular flexibility index (Phi) is 8.45. The van der Waals surface area contributed by atoms with E-state index >= 15 is 0 Å². The van der Waals surface area contributed by atoms with Gasteiger partial charge in [-0.3, -0.25) is 9.79 Å². The number of hydrogen-bond acceptors (Lipinski definition) is 7. The van der Waals surface area contributed by atoms with Crippen molar-refractivity contribution in [1.82, 2.24) is 4.90 Å². The molecular formula is C24H31ClN2O5. The van der Waals surface area contributed by atoms with Crippen LogP contribution in [0.15, 0.2) is 40.5 Å². The van der Waals surface area contributed by atoms with Crippen LogP contribution >= 0.6 is 11.6 Å². The van der Waals surface area contributed by atoms with Crippen molar-refractivity contribution in [2.75, 3.05) is 40.5 Å². The molecule has 0 bridgehead atoms. The third kappa shape index (κ3) is 5.39. The predicted molar refractivity (Wildman–Crippen MR) is 123 cm³/mol. The number of rotatable bonds is 7. The largest absolute Gasteiger partial charge is 0.468 e. The monoisotopic (exact) mass is 462 g/mol. The number of hydrogen-bond donors (Lipinski definition) is 0. The van der Waals surface area contributed by atoms with Crippen LogP contribution in [-0.2, 0) is 23.8 Å². The van der Waals surface area contributed by atoms with Crippen molar-refractivity contribution < 1.29 is 23.8 Å². The summed E-state index contributed by atoms with van der Waals surface area (Å²) in [5, 5.41) is 0.457. The normalized spacial score (nSPS) is 22.5. The van der Waals surface area contributed by atoms with Crippen molar-refractivity contribution in [3.63, 3.8) is 0 Å². The second-order valence-corrected chi connectivity index (χ2v) is 8.55. The topological polar surface area (TPSA) is 77.4 Å². The molecule has 0 radical (unpaired) electrons. The molecule has 0 saturated carbocycles. The minimum absolute atomic E-state index is 0.0924. The van der Waals surface area contributed by atoms with Crippen LogP contribution < -0.4 is 0 Å². The van der Waals surface area contributed by atoms with Crippen LogP contribution in [0.1, 0.15) is 38.2 Å². The van der Waals surface area contributed by atoms with E-state index in [0.29, 0.717) is 27.6 Å². The predicted octanol–water partition coefficient (Wildman–Crippen LogP) is 3.62. The molecule has 2 aliphatic heterocycles. The summed E-state index contributed by atoms with van der Waals surface area (Å²) in [6, 6.07) is 7.19. The van der Waals surface area contributed by atoms with Crippen LogP contribution in [0.4, 0.5) is 0 Å².